The maximum Gasteiger partial charge on any atom is 0.236 e. The van der Waals surface area contributed by atoms with Gasteiger partial charge in [-0.2, -0.15) is 0 Å². The van der Waals surface area contributed by atoms with Crippen LogP contribution in [0.1, 0.15) is 24.0 Å². The summed E-state index contributed by atoms with van der Waals surface area (Å²) in [6.45, 7) is 5.15. The SMILES string of the molecule is COc1cc(/C=C/CN2CC(=O)N(CC3CCOCC3)C[C@@H](OCc3ccccc3)C2)ccc1O. The van der Waals surface area contributed by atoms with Gasteiger partial charge in [0.25, 0.3) is 0 Å². The molecule has 0 bridgehead atoms. The number of ether oxygens (including phenoxy) is 3. The van der Waals surface area contributed by atoms with Crippen molar-refractivity contribution in [2.45, 2.75) is 25.6 Å². The van der Waals surface area contributed by atoms with E-state index in [0.717, 1.165) is 43.7 Å². The molecule has 2 heterocycles. The molecule has 7 nitrogen and oxygen atoms in total. The summed E-state index contributed by atoms with van der Waals surface area (Å²) in [6.07, 6.45) is 5.96. The Balaban J connectivity index is 1.41. The number of nitrogens with zero attached hydrogens (tertiary/aromatic N) is 2. The molecule has 7 heteroatoms. The largest absolute Gasteiger partial charge is 0.504 e. The average Bonchev–Trinajstić information content (AvgIpc) is 3.03. The normalized spacial score (nSPS) is 20.3. The fourth-order valence-electron chi connectivity index (χ4n) is 4.63. The van der Waals surface area contributed by atoms with Gasteiger partial charge in [0.15, 0.2) is 11.5 Å². The summed E-state index contributed by atoms with van der Waals surface area (Å²) in [6, 6.07) is 15.4. The smallest absolute Gasteiger partial charge is 0.236 e. The molecule has 2 aromatic carbocycles. The standard InChI is InChI=1S/C28H36N2O5/c1-33-27-16-22(9-10-26(27)31)8-5-13-29-18-25(35-21-24-6-3-2-4-7-24)19-30(28(32)20-29)17-23-11-14-34-15-12-23/h2-10,16,23,25,31H,11-15,17-21H2,1H3/b8-5+/t25-/m0/s1. The molecule has 2 fully saturated rings. The monoisotopic (exact) mass is 480 g/mol. The van der Waals surface area contributed by atoms with Gasteiger partial charge in [0.1, 0.15) is 0 Å². The van der Waals surface area contributed by atoms with E-state index in [1.807, 2.05) is 41.3 Å². The van der Waals surface area contributed by atoms with Crippen LogP contribution in [0.5, 0.6) is 11.5 Å². The van der Waals surface area contributed by atoms with E-state index in [1.165, 1.54) is 7.11 Å². The first kappa shape index (κ1) is 25.2. The van der Waals surface area contributed by atoms with Crippen molar-refractivity contribution in [1.82, 2.24) is 9.80 Å². The summed E-state index contributed by atoms with van der Waals surface area (Å²) >= 11 is 0. The molecule has 2 aromatic rings. The molecule has 0 aromatic heterocycles. The second-order valence-corrected chi connectivity index (χ2v) is 9.30. The van der Waals surface area contributed by atoms with Crippen molar-refractivity contribution in [1.29, 1.82) is 0 Å². The number of carbonyl (C=O) groups is 1. The van der Waals surface area contributed by atoms with Crippen molar-refractivity contribution in [2.24, 2.45) is 5.92 Å². The third-order valence-electron chi connectivity index (χ3n) is 6.62. The van der Waals surface area contributed by atoms with Crippen molar-refractivity contribution >= 4 is 12.0 Å². The lowest BCUT2D eigenvalue weighted by Crippen LogP contribution is -2.42. The van der Waals surface area contributed by atoms with Crippen LogP contribution < -0.4 is 4.74 Å². The topological polar surface area (TPSA) is 71.5 Å². The predicted molar refractivity (Wildman–Crippen MR) is 135 cm³/mol. The number of hydrogen-bond donors (Lipinski definition) is 1. The summed E-state index contributed by atoms with van der Waals surface area (Å²) in [5.41, 5.74) is 2.06. The highest BCUT2D eigenvalue weighted by molar-refractivity contribution is 5.78. The number of rotatable bonds is 9. The first-order valence-electron chi connectivity index (χ1n) is 12.4. The number of carbonyl (C=O) groups excluding carboxylic acids is 1. The minimum atomic E-state index is -0.0661. The maximum absolute atomic E-state index is 13.2. The van der Waals surface area contributed by atoms with Gasteiger partial charge in [-0.15, -0.1) is 0 Å². The quantitative estimate of drug-likeness (QED) is 0.592. The summed E-state index contributed by atoms with van der Waals surface area (Å²) in [4.78, 5) is 17.4. The van der Waals surface area contributed by atoms with Crippen LogP contribution in [0.4, 0.5) is 0 Å². The molecule has 0 spiro atoms. The van der Waals surface area contributed by atoms with Crippen LogP contribution in [0.25, 0.3) is 6.08 Å². The zero-order chi connectivity index (χ0) is 24.5. The Morgan fingerprint density at radius 3 is 2.69 bits per heavy atom. The molecule has 2 aliphatic heterocycles. The number of hydrogen-bond acceptors (Lipinski definition) is 6. The van der Waals surface area contributed by atoms with Crippen molar-refractivity contribution < 1.29 is 24.1 Å². The Kier molecular flexibility index (Phi) is 9.17. The lowest BCUT2D eigenvalue weighted by atomic mass is 9.99. The summed E-state index contributed by atoms with van der Waals surface area (Å²) < 4.78 is 17.0. The minimum Gasteiger partial charge on any atom is -0.504 e. The van der Waals surface area contributed by atoms with E-state index < -0.39 is 0 Å². The second-order valence-electron chi connectivity index (χ2n) is 9.30. The van der Waals surface area contributed by atoms with Crippen LogP contribution in [0.2, 0.25) is 0 Å². The van der Waals surface area contributed by atoms with Crippen molar-refractivity contribution in [3.63, 3.8) is 0 Å². The van der Waals surface area contributed by atoms with E-state index in [0.29, 0.717) is 44.5 Å². The number of amides is 1. The first-order valence-corrected chi connectivity index (χ1v) is 12.4. The molecule has 2 aliphatic rings. The zero-order valence-corrected chi connectivity index (χ0v) is 20.5. The molecule has 0 unspecified atom stereocenters. The molecule has 1 N–H and O–H groups in total. The molecule has 35 heavy (non-hydrogen) atoms. The lowest BCUT2D eigenvalue weighted by molar-refractivity contribution is -0.133. The highest BCUT2D eigenvalue weighted by Gasteiger charge is 2.30. The van der Waals surface area contributed by atoms with Gasteiger partial charge in [0.2, 0.25) is 5.91 Å². The molecular weight excluding hydrogens is 444 g/mol. The second kappa shape index (κ2) is 12.7. The average molecular weight is 481 g/mol. The highest BCUT2D eigenvalue weighted by atomic mass is 16.5. The zero-order valence-electron chi connectivity index (χ0n) is 20.5. The van der Waals surface area contributed by atoms with Crippen LogP contribution in [-0.4, -0.2) is 80.0 Å². The number of phenolic OH excluding ortho intramolecular Hbond substituents is 1. The van der Waals surface area contributed by atoms with Gasteiger partial charge >= 0.3 is 0 Å². The molecule has 0 radical (unpaired) electrons. The van der Waals surface area contributed by atoms with Crippen LogP contribution in [0.15, 0.2) is 54.6 Å². The molecule has 1 atom stereocenters. The van der Waals surface area contributed by atoms with Crippen LogP contribution in [-0.2, 0) is 20.9 Å². The Morgan fingerprint density at radius 2 is 1.91 bits per heavy atom. The van der Waals surface area contributed by atoms with Gasteiger partial charge in [0.05, 0.1) is 26.4 Å². The molecule has 188 valence electrons. The minimum absolute atomic E-state index is 0.0661. The number of benzene rings is 2. The Labute approximate surface area is 207 Å². The Bertz CT molecular complexity index is 975. The van der Waals surface area contributed by atoms with E-state index in [-0.39, 0.29) is 17.8 Å². The van der Waals surface area contributed by atoms with Gasteiger partial charge in [-0.25, -0.2) is 0 Å². The summed E-state index contributed by atoms with van der Waals surface area (Å²) in [7, 11) is 1.53. The van der Waals surface area contributed by atoms with Gasteiger partial charge in [-0.1, -0.05) is 48.6 Å². The van der Waals surface area contributed by atoms with Crippen molar-refractivity contribution in [2.75, 3.05) is 53.0 Å². The Morgan fingerprint density at radius 1 is 1.11 bits per heavy atom. The maximum atomic E-state index is 13.2. The van der Waals surface area contributed by atoms with Gasteiger partial charge < -0.3 is 24.2 Å². The van der Waals surface area contributed by atoms with Gasteiger partial charge in [-0.3, -0.25) is 9.69 Å². The molecule has 2 saturated heterocycles. The third-order valence-corrected chi connectivity index (χ3v) is 6.62. The van der Waals surface area contributed by atoms with E-state index in [4.69, 9.17) is 14.2 Å². The van der Waals surface area contributed by atoms with Crippen LogP contribution in [0.3, 0.4) is 0 Å². The first-order chi connectivity index (χ1) is 17.1. The lowest BCUT2D eigenvalue weighted by Gasteiger charge is -2.30. The molecule has 0 aliphatic carbocycles. The fraction of sp³-hybridized carbons (Fsp3) is 0.464. The number of methoxy groups -OCH3 is 1. The molecule has 4 rings (SSSR count). The van der Waals surface area contributed by atoms with Crippen LogP contribution >= 0.6 is 0 Å². The summed E-state index contributed by atoms with van der Waals surface area (Å²) in [5.74, 6) is 1.20. The Hall–Kier alpha value is -2.87. The van der Waals surface area contributed by atoms with Crippen molar-refractivity contribution in [3.8, 4) is 11.5 Å². The molecular formula is C28H36N2O5. The fourth-order valence-corrected chi connectivity index (χ4v) is 4.63. The highest BCUT2D eigenvalue weighted by Crippen LogP contribution is 2.26. The van der Waals surface area contributed by atoms with E-state index >= 15 is 0 Å². The van der Waals surface area contributed by atoms with E-state index in [9.17, 15) is 9.90 Å². The van der Waals surface area contributed by atoms with E-state index in [2.05, 4.69) is 17.0 Å². The molecule has 1 amide bonds. The molecule has 0 saturated carbocycles. The van der Waals surface area contributed by atoms with Crippen molar-refractivity contribution in [3.05, 3.63) is 65.7 Å². The van der Waals surface area contributed by atoms with Gasteiger partial charge in [0, 0.05) is 39.4 Å². The van der Waals surface area contributed by atoms with E-state index in [1.54, 1.807) is 12.1 Å². The number of phenols is 1. The predicted octanol–water partition coefficient (Wildman–Crippen LogP) is 3.57. The summed E-state index contributed by atoms with van der Waals surface area (Å²) in [5, 5.41) is 9.81. The number of aromatic hydroxyl groups is 1. The third kappa shape index (κ3) is 7.56. The van der Waals surface area contributed by atoms with Crippen LogP contribution in [0, 0.1) is 5.92 Å². The van der Waals surface area contributed by atoms with Gasteiger partial charge in [-0.05, 0) is 42.0 Å².